The number of para-hydroxylation sites is 1. The first-order valence-corrected chi connectivity index (χ1v) is 10.7. The monoisotopic (exact) mass is 491 g/mol. The number of nitrogens with one attached hydrogen (secondary N) is 1. The Hall–Kier alpha value is -4.50. The summed E-state index contributed by atoms with van der Waals surface area (Å²) in [6.07, 6.45) is 1.35. The molecule has 35 heavy (non-hydrogen) atoms. The molecule has 0 spiro atoms. The highest BCUT2D eigenvalue weighted by atomic mass is 35.5. The second-order valence-corrected chi connectivity index (χ2v) is 8.05. The van der Waals surface area contributed by atoms with Crippen molar-refractivity contribution >= 4 is 46.9 Å². The van der Waals surface area contributed by atoms with Crippen molar-refractivity contribution in [2.75, 3.05) is 4.90 Å². The van der Waals surface area contributed by atoms with Crippen molar-refractivity contribution < 1.29 is 24.0 Å². The van der Waals surface area contributed by atoms with Gasteiger partial charge in [-0.05, 0) is 54.5 Å². The van der Waals surface area contributed by atoms with Crippen molar-refractivity contribution in [1.82, 2.24) is 5.32 Å². The van der Waals surface area contributed by atoms with Gasteiger partial charge in [-0.3, -0.25) is 25.0 Å². The molecular formula is C25H18ClN3O6. The minimum absolute atomic E-state index is 0.0327. The molecule has 176 valence electrons. The van der Waals surface area contributed by atoms with Crippen molar-refractivity contribution in [1.29, 1.82) is 0 Å². The van der Waals surface area contributed by atoms with Gasteiger partial charge in [-0.2, -0.15) is 0 Å². The van der Waals surface area contributed by atoms with Crippen molar-refractivity contribution in [3.05, 3.63) is 104 Å². The number of non-ortho nitro benzene ring substituents is 1. The smallest absolute Gasteiger partial charge is 0.335 e. The fraction of sp³-hybridized carbons (Fsp3) is 0.0800. The normalized spacial score (nSPS) is 14.7. The SMILES string of the molecule is Cc1ccc(N2C(=O)NC(=O)/C(=C/c3ccccc3OCc3ccc([N+](=O)[O-])cc3)C2=O)cc1Cl. The molecule has 0 saturated carbocycles. The van der Waals surface area contributed by atoms with Gasteiger partial charge in [0.05, 0.1) is 10.6 Å². The summed E-state index contributed by atoms with van der Waals surface area (Å²) < 4.78 is 5.84. The standard InChI is InChI=1S/C25H18ClN3O6/c1-15-6-9-19(13-21(15)26)28-24(31)20(23(30)27-25(28)32)12-17-4-2-3-5-22(17)35-14-16-7-10-18(11-8-16)29(33)34/h2-13H,14H2,1H3,(H,27,30,32)/b20-12-. The van der Waals surface area contributed by atoms with E-state index in [1.54, 1.807) is 55.5 Å². The summed E-state index contributed by atoms with van der Waals surface area (Å²) >= 11 is 6.15. The number of amides is 4. The molecule has 4 amide bonds. The van der Waals surface area contributed by atoms with E-state index in [-0.39, 0.29) is 23.6 Å². The number of hydrogen-bond donors (Lipinski definition) is 1. The largest absolute Gasteiger partial charge is 0.488 e. The number of ether oxygens (including phenoxy) is 1. The maximum Gasteiger partial charge on any atom is 0.335 e. The van der Waals surface area contributed by atoms with Gasteiger partial charge < -0.3 is 4.74 Å². The highest BCUT2D eigenvalue weighted by molar-refractivity contribution is 6.39. The van der Waals surface area contributed by atoms with Gasteiger partial charge in [-0.25, -0.2) is 9.69 Å². The van der Waals surface area contributed by atoms with E-state index in [0.717, 1.165) is 10.5 Å². The van der Waals surface area contributed by atoms with Gasteiger partial charge in [-0.1, -0.05) is 35.9 Å². The Morgan fingerprint density at radius 3 is 2.46 bits per heavy atom. The van der Waals surface area contributed by atoms with E-state index in [0.29, 0.717) is 21.9 Å². The predicted molar refractivity (Wildman–Crippen MR) is 129 cm³/mol. The highest BCUT2D eigenvalue weighted by Crippen LogP contribution is 2.28. The van der Waals surface area contributed by atoms with Crippen molar-refractivity contribution in [3.8, 4) is 5.75 Å². The summed E-state index contributed by atoms with van der Waals surface area (Å²) in [4.78, 5) is 49.3. The van der Waals surface area contributed by atoms with Gasteiger partial charge in [0.25, 0.3) is 17.5 Å². The van der Waals surface area contributed by atoms with Crippen LogP contribution in [0, 0.1) is 17.0 Å². The lowest BCUT2D eigenvalue weighted by Gasteiger charge is -2.26. The van der Waals surface area contributed by atoms with Gasteiger partial charge in [0.2, 0.25) is 0 Å². The lowest BCUT2D eigenvalue weighted by molar-refractivity contribution is -0.384. The third-order valence-corrected chi connectivity index (χ3v) is 5.68. The Morgan fingerprint density at radius 1 is 1.06 bits per heavy atom. The van der Waals surface area contributed by atoms with Crippen LogP contribution in [0.1, 0.15) is 16.7 Å². The number of nitro groups is 1. The zero-order chi connectivity index (χ0) is 25.1. The molecule has 0 bridgehead atoms. The number of anilines is 1. The maximum absolute atomic E-state index is 13.2. The van der Waals surface area contributed by atoms with Crippen LogP contribution >= 0.6 is 11.6 Å². The van der Waals surface area contributed by atoms with E-state index < -0.39 is 22.8 Å². The average molecular weight is 492 g/mol. The first-order valence-electron chi connectivity index (χ1n) is 10.4. The van der Waals surface area contributed by atoms with Gasteiger partial charge in [-0.15, -0.1) is 0 Å². The summed E-state index contributed by atoms with van der Waals surface area (Å²) in [5, 5.41) is 13.4. The summed E-state index contributed by atoms with van der Waals surface area (Å²) in [6, 6.07) is 16.5. The molecule has 4 rings (SSSR count). The number of halogens is 1. The molecule has 1 saturated heterocycles. The van der Waals surface area contributed by atoms with E-state index in [2.05, 4.69) is 5.32 Å². The number of nitro benzene ring substituents is 1. The van der Waals surface area contributed by atoms with Crippen LogP contribution < -0.4 is 15.0 Å². The predicted octanol–water partition coefficient (Wildman–Crippen LogP) is 4.80. The van der Waals surface area contributed by atoms with Gasteiger partial charge in [0.15, 0.2) is 0 Å². The number of nitrogens with zero attached hydrogens (tertiary/aromatic N) is 2. The number of carbonyl (C=O) groups is 3. The topological polar surface area (TPSA) is 119 Å². The zero-order valence-electron chi connectivity index (χ0n) is 18.4. The van der Waals surface area contributed by atoms with Crippen molar-refractivity contribution in [2.45, 2.75) is 13.5 Å². The number of imide groups is 2. The molecule has 1 heterocycles. The molecule has 0 atom stereocenters. The van der Waals surface area contributed by atoms with Crippen LogP contribution in [0.3, 0.4) is 0 Å². The number of barbiturate groups is 1. The Kier molecular flexibility index (Phi) is 6.61. The van der Waals surface area contributed by atoms with Crippen LogP contribution in [0.2, 0.25) is 5.02 Å². The number of aryl methyl sites for hydroxylation is 1. The van der Waals surface area contributed by atoms with Gasteiger partial charge in [0.1, 0.15) is 17.9 Å². The minimum Gasteiger partial charge on any atom is -0.488 e. The van der Waals surface area contributed by atoms with Crippen molar-refractivity contribution in [3.63, 3.8) is 0 Å². The summed E-state index contributed by atoms with van der Waals surface area (Å²) in [5.41, 5.74) is 1.83. The fourth-order valence-electron chi connectivity index (χ4n) is 3.37. The third-order valence-electron chi connectivity index (χ3n) is 5.28. The minimum atomic E-state index is -0.875. The first kappa shape index (κ1) is 23.7. The first-order chi connectivity index (χ1) is 16.7. The molecule has 1 N–H and O–H groups in total. The van der Waals surface area contributed by atoms with Crippen molar-refractivity contribution in [2.24, 2.45) is 0 Å². The fourth-order valence-corrected chi connectivity index (χ4v) is 3.55. The zero-order valence-corrected chi connectivity index (χ0v) is 19.1. The molecule has 0 radical (unpaired) electrons. The van der Waals surface area contributed by atoms with Crippen LogP contribution in [0.15, 0.2) is 72.3 Å². The molecule has 0 aromatic heterocycles. The maximum atomic E-state index is 13.2. The number of benzene rings is 3. The average Bonchev–Trinajstić information content (AvgIpc) is 2.83. The Labute approximate surface area is 204 Å². The summed E-state index contributed by atoms with van der Waals surface area (Å²) in [6.45, 7) is 1.89. The van der Waals surface area contributed by atoms with E-state index in [4.69, 9.17) is 16.3 Å². The van der Waals surface area contributed by atoms with Crippen LogP contribution in [-0.2, 0) is 16.2 Å². The molecule has 1 aliphatic heterocycles. The lowest BCUT2D eigenvalue weighted by atomic mass is 10.1. The molecule has 3 aromatic rings. The van der Waals surface area contributed by atoms with Gasteiger partial charge in [0, 0.05) is 22.7 Å². The molecule has 0 unspecified atom stereocenters. The molecule has 1 fully saturated rings. The Balaban J connectivity index is 1.61. The third kappa shape index (κ3) is 5.04. The number of rotatable bonds is 6. The van der Waals surface area contributed by atoms with E-state index in [1.807, 2.05) is 0 Å². The molecule has 1 aliphatic rings. The van der Waals surface area contributed by atoms with Crippen LogP contribution in [-0.4, -0.2) is 22.8 Å². The second-order valence-electron chi connectivity index (χ2n) is 7.64. The molecule has 10 heteroatoms. The number of hydrogen-bond acceptors (Lipinski definition) is 6. The summed E-state index contributed by atoms with van der Waals surface area (Å²) in [5.74, 6) is -1.26. The molecule has 0 aliphatic carbocycles. The Bertz CT molecular complexity index is 1380. The summed E-state index contributed by atoms with van der Waals surface area (Å²) in [7, 11) is 0. The molecular weight excluding hydrogens is 474 g/mol. The quantitative estimate of drug-likeness (QED) is 0.229. The second kappa shape index (κ2) is 9.78. The highest BCUT2D eigenvalue weighted by Gasteiger charge is 2.37. The number of carbonyl (C=O) groups excluding carboxylic acids is 3. The van der Waals surface area contributed by atoms with E-state index in [9.17, 15) is 24.5 Å². The van der Waals surface area contributed by atoms with Crippen LogP contribution in [0.25, 0.3) is 6.08 Å². The van der Waals surface area contributed by atoms with Crippen LogP contribution in [0.5, 0.6) is 5.75 Å². The lowest BCUT2D eigenvalue weighted by Crippen LogP contribution is -2.54. The van der Waals surface area contributed by atoms with Crippen LogP contribution in [0.4, 0.5) is 16.2 Å². The van der Waals surface area contributed by atoms with Gasteiger partial charge >= 0.3 is 6.03 Å². The number of urea groups is 1. The van der Waals surface area contributed by atoms with E-state index in [1.165, 1.54) is 24.3 Å². The van der Waals surface area contributed by atoms with E-state index >= 15 is 0 Å². The molecule has 3 aromatic carbocycles. The molecule has 9 nitrogen and oxygen atoms in total. The Morgan fingerprint density at radius 2 is 1.77 bits per heavy atom.